The van der Waals surface area contributed by atoms with Crippen LogP contribution in [-0.2, 0) is 16.1 Å². The van der Waals surface area contributed by atoms with Crippen LogP contribution in [0.1, 0.15) is 26.3 Å². The molecule has 0 atom stereocenters. The van der Waals surface area contributed by atoms with E-state index in [1.54, 1.807) is 4.68 Å². The van der Waals surface area contributed by atoms with Crippen molar-refractivity contribution >= 4 is 39.5 Å². The van der Waals surface area contributed by atoms with E-state index in [-0.39, 0.29) is 12.5 Å². The Morgan fingerprint density at radius 3 is 2.74 bits per heavy atom. The van der Waals surface area contributed by atoms with E-state index in [9.17, 15) is 4.79 Å². The zero-order valence-corrected chi connectivity index (χ0v) is 13.7. The van der Waals surface area contributed by atoms with E-state index in [0.29, 0.717) is 0 Å². The molecular formula is C14H17IN2O2. The van der Waals surface area contributed by atoms with Gasteiger partial charge in [-0.2, -0.15) is 5.10 Å². The van der Waals surface area contributed by atoms with Crippen molar-refractivity contribution in [3.63, 3.8) is 0 Å². The van der Waals surface area contributed by atoms with E-state index >= 15 is 0 Å². The highest BCUT2D eigenvalue weighted by molar-refractivity contribution is 14.1. The van der Waals surface area contributed by atoms with Crippen molar-refractivity contribution in [1.82, 2.24) is 9.78 Å². The van der Waals surface area contributed by atoms with Gasteiger partial charge in [0.15, 0.2) is 0 Å². The number of esters is 1. The molecule has 1 aromatic carbocycles. The lowest BCUT2D eigenvalue weighted by atomic mass is 10.1. The summed E-state index contributed by atoms with van der Waals surface area (Å²) in [7, 11) is 0. The van der Waals surface area contributed by atoms with Gasteiger partial charge in [-0.3, -0.25) is 9.48 Å². The molecule has 0 aliphatic rings. The fourth-order valence-corrected chi connectivity index (χ4v) is 2.92. The van der Waals surface area contributed by atoms with Crippen molar-refractivity contribution in [2.24, 2.45) is 0 Å². The largest absolute Gasteiger partial charge is 0.459 e. The molecule has 0 radical (unpaired) electrons. The van der Waals surface area contributed by atoms with Crippen molar-refractivity contribution in [3.8, 4) is 0 Å². The number of hydrogen-bond donors (Lipinski definition) is 0. The Labute approximate surface area is 126 Å². The van der Waals surface area contributed by atoms with Gasteiger partial charge in [-0.05, 0) is 61.9 Å². The molecule has 0 N–H and O–H groups in total. The normalized spacial score (nSPS) is 11.8. The molecule has 0 bridgehead atoms. The molecule has 0 aliphatic heterocycles. The van der Waals surface area contributed by atoms with Crippen molar-refractivity contribution in [2.75, 3.05) is 0 Å². The SMILES string of the molecule is Cc1cccc2c1c(I)nn2CC(=O)OC(C)(C)C. The molecule has 0 fully saturated rings. The van der Waals surface area contributed by atoms with E-state index in [2.05, 4.69) is 27.7 Å². The monoisotopic (exact) mass is 372 g/mol. The van der Waals surface area contributed by atoms with Crippen LogP contribution >= 0.6 is 22.6 Å². The number of hydrogen-bond acceptors (Lipinski definition) is 3. The molecule has 19 heavy (non-hydrogen) atoms. The van der Waals surface area contributed by atoms with Gasteiger partial charge in [-0.15, -0.1) is 0 Å². The summed E-state index contributed by atoms with van der Waals surface area (Å²) < 4.78 is 7.95. The van der Waals surface area contributed by atoms with Crippen LogP contribution in [-0.4, -0.2) is 21.4 Å². The van der Waals surface area contributed by atoms with Crippen LogP contribution in [0.5, 0.6) is 0 Å². The van der Waals surface area contributed by atoms with Gasteiger partial charge >= 0.3 is 5.97 Å². The van der Waals surface area contributed by atoms with E-state index < -0.39 is 5.60 Å². The number of benzene rings is 1. The Bertz CT molecular complexity index is 626. The maximum Gasteiger partial charge on any atom is 0.328 e. The minimum Gasteiger partial charge on any atom is -0.459 e. The molecule has 1 aromatic heterocycles. The molecule has 0 spiro atoms. The van der Waals surface area contributed by atoms with Gasteiger partial charge in [0.05, 0.1) is 5.52 Å². The first-order chi connectivity index (χ1) is 8.78. The topological polar surface area (TPSA) is 44.1 Å². The zero-order chi connectivity index (χ0) is 14.2. The van der Waals surface area contributed by atoms with Crippen molar-refractivity contribution in [2.45, 2.75) is 39.8 Å². The summed E-state index contributed by atoms with van der Waals surface area (Å²) in [4.78, 5) is 11.9. The van der Waals surface area contributed by atoms with Crippen LogP contribution in [0, 0.1) is 10.6 Å². The lowest BCUT2D eigenvalue weighted by Gasteiger charge is -2.19. The molecule has 0 aliphatic carbocycles. The van der Waals surface area contributed by atoms with Gasteiger partial charge in [-0.1, -0.05) is 12.1 Å². The Balaban J connectivity index is 2.32. The van der Waals surface area contributed by atoms with Crippen molar-refractivity contribution in [3.05, 3.63) is 27.5 Å². The number of aromatic nitrogens is 2. The Morgan fingerprint density at radius 1 is 1.42 bits per heavy atom. The summed E-state index contributed by atoms with van der Waals surface area (Å²) in [5.41, 5.74) is 1.66. The summed E-state index contributed by atoms with van der Waals surface area (Å²) in [5, 5.41) is 5.53. The van der Waals surface area contributed by atoms with E-state index in [0.717, 1.165) is 20.2 Å². The predicted molar refractivity (Wildman–Crippen MR) is 83.0 cm³/mol. The molecular weight excluding hydrogens is 355 g/mol. The first-order valence-corrected chi connectivity index (χ1v) is 7.19. The summed E-state index contributed by atoms with van der Waals surface area (Å²) in [6, 6.07) is 5.99. The fraction of sp³-hybridized carbons (Fsp3) is 0.429. The summed E-state index contributed by atoms with van der Waals surface area (Å²) >= 11 is 2.20. The Hall–Kier alpha value is -1.11. The van der Waals surface area contributed by atoms with Gasteiger partial charge in [0.25, 0.3) is 0 Å². The van der Waals surface area contributed by atoms with Gasteiger partial charge in [0.1, 0.15) is 15.8 Å². The smallest absolute Gasteiger partial charge is 0.328 e. The maximum absolute atomic E-state index is 11.9. The minimum atomic E-state index is -0.469. The van der Waals surface area contributed by atoms with Gasteiger partial charge in [0, 0.05) is 5.39 Å². The number of rotatable bonds is 2. The van der Waals surface area contributed by atoms with Crippen LogP contribution in [0.25, 0.3) is 10.9 Å². The number of ether oxygens (including phenoxy) is 1. The molecule has 0 unspecified atom stereocenters. The van der Waals surface area contributed by atoms with Crippen LogP contribution in [0.2, 0.25) is 0 Å². The van der Waals surface area contributed by atoms with Crippen LogP contribution in [0.3, 0.4) is 0 Å². The van der Waals surface area contributed by atoms with Gasteiger partial charge in [0.2, 0.25) is 0 Å². The summed E-state index contributed by atoms with van der Waals surface area (Å²) in [6.45, 7) is 7.77. The molecule has 0 amide bonds. The first-order valence-electron chi connectivity index (χ1n) is 6.11. The van der Waals surface area contributed by atoms with E-state index in [4.69, 9.17) is 4.74 Å². The Morgan fingerprint density at radius 2 is 2.11 bits per heavy atom. The number of aryl methyl sites for hydroxylation is 1. The van der Waals surface area contributed by atoms with Crippen LogP contribution in [0.15, 0.2) is 18.2 Å². The zero-order valence-electron chi connectivity index (χ0n) is 11.5. The second-order valence-corrected chi connectivity index (χ2v) is 6.53. The molecule has 4 nitrogen and oxygen atoms in total. The van der Waals surface area contributed by atoms with Crippen LogP contribution < -0.4 is 0 Å². The number of carbonyl (C=O) groups is 1. The third-order valence-electron chi connectivity index (χ3n) is 2.64. The summed E-state index contributed by atoms with van der Waals surface area (Å²) in [6.07, 6.45) is 0. The highest BCUT2D eigenvalue weighted by Gasteiger charge is 2.18. The Kier molecular flexibility index (Phi) is 3.85. The molecule has 2 rings (SSSR count). The highest BCUT2D eigenvalue weighted by atomic mass is 127. The standard InChI is InChI=1S/C14H17IN2O2/c1-9-6-5-7-10-12(9)13(15)16-17(10)8-11(18)19-14(2,3)4/h5-7H,8H2,1-4H3. The number of fused-ring (bicyclic) bond motifs is 1. The van der Waals surface area contributed by atoms with E-state index in [1.165, 1.54) is 0 Å². The molecule has 0 saturated heterocycles. The quantitative estimate of drug-likeness (QED) is 0.600. The summed E-state index contributed by atoms with van der Waals surface area (Å²) in [5.74, 6) is -0.269. The average molecular weight is 372 g/mol. The molecule has 102 valence electrons. The third-order valence-corrected chi connectivity index (χ3v) is 3.40. The lowest BCUT2D eigenvalue weighted by Crippen LogP contribution is -2.26. The maximum atomic E-state index is 11.9. The number of halogens is 1. The van der Waals surface area contributed by atoms with Gasteiger partial charge in [-0.25, -0.2) is 0 Å². The molecule has 0 saturated carbocycles. The second-order valence-electron chi connectivity index (χ2n) is 5.50. The molecule has 2 aromatic rings. The fourth-order valence-electron chi connectivity index (χ4n) is 1.96. The van der Waals surface area contributed by atoms with Gasteiger partial charge < -0.3 is 4.74 Å². The number of nitrogens with zero attached hydrogens (tertiary/aromatic N) is 2. The third kappa shape index (κ3) is 3.26. The van der Waals surface area contributed by atoms with Crippen molar-refractivity contribution < 1.29 is 9.53 Å². The molecule has 5 heteroatoms. The van der Waals surface area contributed by atoms with Crippen molar-refractivity contribution in [1.29, 1.82) is 0 Å². The predicted octanol–water partition coefficient (Wildman–Crippen LogP) is 3.29. The van der Waals surface area contributed by atoms with E-state index in [1.807, 2.05) is 45.9 Å². The number of carbonyl (C=O) groups excluding carboxylic acids is 1. The average Bonchev–Trinajstić information content (AvgIpc) is 2.54. The lowest BCUT2D eigenvalue weighted by molar-refractivity contribution is -0.155. The minimum absolute atomic E-state index is 0.139. The van der Waals surface area contributed by atoms with Crippen LogP contribution in [0.4, 0.5) is 0 Å². The molecule has 1 heterocycles. The first kappa shape index (κ1) is 14.3. The highest BCUT2D eigenvalue weighted by Crippen LogP contribution is 2.23. The second kappa shape index (κ2) is 5.11.